The van der Waals surface area contributed by atoms with Crippen LogP contribution in [0.15, 0.2) is 64.9 Å². The van der Waals surface area contributed by atoms with Gasteiger partial charge in [-0.25, -0.2) is 4.98 Å². The molecule has 0 spiro atoms. The van der Waals surface area contributed by atoms with Gasteiger partial charge < -0.3 is 10.1 Å². The molecule has 0 saturated carbocycles. The van der Waals surface area contributed by atoms with Gasteiger partial charge in [0.1, 0.15) is 11.6 Å². The number of hydrogen-bond donors (Lipinski definition) is 1. The number of anilines is 1. The van der Waals surface area contributed by atoms with Gasteiger partial charge in [-0.1, -0.05) is 42.5 Å². The van der Waals surface area contributed by atoms with Gasteiger partial charge in [0.25, 0.3) is 0 Å². The molecule has 7 heteroatoms. The SMILES string of the molecule is O=C(C[C@@H]1Sc2ccccc2NC1=O)OCc1csc(-c2ccccc2)n1. The number of thioether (sulfide) groups is 1. The fourth-order valence-electron chi connectivity index (χ4n) is 2.68. The Labute approximate surface area is 164 Å². The third-order valence-corrected chi connectivity index (χ3v) is 6.23. The number of carbonyl (C=O) groups is 2. The molecule has 0 radical (unpaired) electrons. The van der Waals surface area contributed by atoms with E-state index in [1.807, 2.05) is 60.0 Å². The summed E-state index contributed by atoms with van der Waals surface area (Å²) in [5, 5.41) is 5.12. The molecule has 27 heavy (non-hydrogen) atoms. The van der Waals surface area contributed by atoms with Crippen LogP contribution in [0.5, 0.6) is 0 Å². The average Bonchev–Trinajstić information content (AvgIpc) is 3.17. The lowest BCUT2D eigenvalue weighted by atomic mass is 10.2. The van der Waals surface area contributed by atoms with E-state index in [9.17, 15) is 9.59 Å². The Morgan fingerprint density at radius 1 is 1.11 bits per heavy atom. The van der Waals surface area contributed by atoms with Crippen molar-refractivity contribution < 1.29 is 14.3 Å². The fraction of sp³-hybridized carbons (Fsp3) is 0.150. The first kappa shape index (κ1) is 17.8. The number of hydrogen-bond acceptors (Lipinski definition) is 6. The summed E-state index contributed by atoms with van der Waals surface area (Å²) in [6, 6.07) is 17.4. The lowest BCUT2D eigenvalue weighted by Gasteiger charge is -2.23. The highest BCUT2D eigenvalue weighted by Crippen LogP contribution is 2.36. The summed E-state index contributed by atoms with van der Waals surface area (Å²) in [6.07, 6.45) is 0.0283. The van der Waals surface area contributed by atoms with E-state index in [4.69, 9.17) is 4.74 Å². The van der Waals surface area contributed by atoms with Crippen molar-refractivity contribution in [3.8, 4) is 10.6 Å². The van der Waals surface area contributed by atoms with Gasteiger partial charge in [-0.05, 0) is 12.1 Å². The number of benzene rings is 2. The summed E-state index contributed by atoms with van der Waals surface area (Å²) in [7, 11) is 0. The molecule has 2 aromatic carbocycles. The van der Waals surface area contributed by atoms with Crippen LogP contribution in [0, 0.1) is 0 Å². The molecule has 0 unspecified atom stereocenters. The van der Waals surface area contributed by atoms with Crippen molar-refractivity contribution in [1.82, 2.24) is 4.98 Å². The topological polar surface area (TPSA) is 68.3 Å². The second-order valence-corrected chi connectivity index (χ2v) is 8.07. The van der Waals surface area contributed by atoms with Crippen molar-refractivity contribution >= 4 is 40.7 Å². The van der Waals surface area contributed by atoms with E-state index in [1.54, 1.807) is 0 Å². The minimum absolute atomic E-state index is 0.0283. The molecule has 2 heterocycles. The van der Waals surface area contributed by atoms with Crippen LogP contribution < -0.4 is 5.32 Å². The predicted octanol–water partition coefficient (Wildman–Crippen LogP) is 4.36. The van der Waals surface area contributed by atoms with Crippen molar-refractivity contribution in [2.24, 2.45) is 0 Å². The molecule has 0 fully saturated rings. The monoisotopic (exact) mass is 396 g/mol. The Bertz CT molecular complexity index is 972. The molecule has 5 nitrogen and oxygen atoms in total. The minimum Gasteiger partial charge on any atom is -0.459 e. The third kappa shape index (κ3) is 4.20. The summed E-state index contributed by atoms with van der Waals surface area (Å²) >= 11 is 2.90. The van der Waals surface area contributed by atoms with Crippen molar-refractivity contribution in [3.63, 3.8) is 0 Å². The molecule has 1 N–H and O–H groups in total. The van der Waals surface area contributed by atoms with Gasteiger partial charge in [0, 0.05) is 15.8 Å². The summed E-state index contributed by atoms with van der Waals surface area (Å²) in [6.45, 7) is 0.109. The molecule has 1 amide bonds. The number of thiazole rings is 1. The van der Waals surface area contributed by atoms with Gasteiger partial charge in [0.2, 0.25) is 5.91 Å². The number of fused-ring (bicyclic) bond motifs is 1. The van der Waals surface area contributed by atoms with E-state index in [-0.39, 0.29) is 18.9 Å². The van der Waals surface area contributed by atoms with E-state index < -0.39 is 11.2 Å². The normalized spacial score (nSPS) is 15.7. The largest absolute Gasteiger partial charge is 0.459 e. The van der Waals surface area contributed by atoms with E-state index in [0.717, 1.165) is 21.2 Å². The number of para-hydroxylation sites is 1. The maximum atomic E-state index is 12.2. The highest BCUT2D eigenvalue weighted by molar-refractivity contribution is 8.01. The summed E-state index contributed by atoms with van der Waals surface area (Å²) in [4.78, 5) is 29.8. The quantitative estimate of drug-likeness (QED) is 0.649. The van der Waals surface area contributed by atoms with Gasteiger partial charge in [-0.15, -0.1) is 23.1 Å². The van der Waals surface area contributed by atoms with Crippen LogP contribution in [-0.2, 0) is 20.9 Å². The van der Waals surface area contributed by atoms with Crippen LogP contribution >= 0.6 is 23.1 Å². The summed E-state index contributed by atoms with van der Waals surface area (Å²) < 4.78 is 5.33. The molecule has 0 saturated heterocycles. The van der Waals surface area contributed by atoms with Crippen LogP contribution in [0.2, 0.25) is 0 Å². The number of ether oxygens (including phenoxy) is 1. The van der Waals surface area contributed by atoms with Crippen molar-refractivity contribution in [2.45, 2.75) is 23.2 Å². The van der Waals surface area contributed by atoms with E-state index in [0.29, 0.717) is 5.69 Å². The molecular weight excluding hydrogens is 380 g/mol. The first-order valence-electron chi connectivity index (χ1n) is 8.41. The number of nitrogens with zero attached hydrogens (tertiary/aromatic N) is 1. The summed E-state index contributed by atoms with van der Waals surface area (Å²) in [5.74, 6) is -0.577. The van der Waals surface area contributed by atoms with Gasteiger partial charge in [0.15, 0.2) is 0 Å². The zero-order valence-corrected chi connectivity index (χ0v) is 15.9. The van der Waals surface area contributed by atoms with Crippen LogP contribution in [0.1, 0.15) is 12.1 Å². The van der Waals surface area contributed by atoms with E-state index in [2.05, 4.69) is 10.3 Å². The molecule has 1 aromatic heterocycles. The smallest absolute Gasteiger partial charge is 0.307 e. The standard InChI is InChI=1S/C20H16N2O3S2/c23-18(10-17-19(24)22-15-8-4-5-9-16(15)27-17)25-11-14-12-26-20(21-14)13-6-2-1-3-7-13/h1-9,12,17H,10-11H2,(H,22,24)/t17-/m0/s1. The first-order chi connectivity index (χ1) is 13.2. The highest BCUT2D eigenvalue weighted by Gasteiger charge is 2.29. The van der Waals surface area contributed by atoms with Crippen molar-refractivity contribution in [2.75, 3.05) is 5.32 Å². The first-order valence-corrected chi connectivity index (χ1v) is 10.2. The minimum atomic E-state index is -0.484. The van der Waals surface area contributed by atoms with Crippen LogP contribution in [0.4, 0.5) is 5.69 Å². The lowest BCUT2D eigenvalue weighted by Crippen LogP contribution is -2.31. The van der Waals surface area contributed by atoms with Gasteiger partial charge >= 0.3 is 5.97 Å². The molecule has 0 bridgehead atoms. The van der Waals surface area contributed by atoms with Crippen LogP contribution in [0.3, 0.4) is 0 Å². The Kier molecular flexibility index (Phi) is 5.22. The van der Waals surface area contributed by atoms with Gasteiger partial charge in [0.05, 0.1) is 23.1 Å². The number of amides is 1. The number of aromatic nitrogens is 1. The maximum Gasteiger partial charge on any atom is 0.307 e. The van der Waals surface area contributed by atoms with Gasteiger partial charge in [-0.2, -0.15) is 0 Å². The molecule has 0 aliphatic carbocycles. The Hall–Kier alpha value is -2.64. The highest BCUT2D eigenvalue weighted by atomic mass is 32.2. The van der Waals surface area contributed by atoms with E-state index in [1.165, 1.54) is 23.1 Å². The number of nitrogens with one attached hydrogen (secondary N) is 1. The Balaban J connectivity index is 1.33. The molecular formula is C20H16N2O3S2. The zero-order valence-electron chi connectivity index (χ0n) is 14.3. The second-order valence-electron chi connectivity index (χ2n) is 5.97. The second kappa shape index (κ2) is 7.94. The van der Waals surface area contributed by atoms with Gasteiger partial charge in [-0.3, -0.25) is 9.59 Å². The Morgan fingerprint density at radius 2 is 1.89 bits per heavy atom. The van der Waals surface area contributed by atoms with Crippen molar-refractivity contribution in [3.05, 3.63) is 65.7 Å². The average molecular weight is 396 g/mol. The van der Waals surface area contributed by atoms with Crippen molar-refractivity contribution in [1.29, 1.82) is 0 Å². The number of rotatable bonds is 5. The fourth-order valence-corrected chi connectivity index (χ4v) is 4.58. The molecule has 3 aromatic rings. The Morgan fingerprint density at radius 3 is 2.74 bits per heavy atom. The molecule has 4 rings (SSSR count). The molecule has 1 atom stereocenters. The predicted molar refractivity (Wildman–Crippen MR) is 107 cm³/mol. The van der Waals surface area contributed by atoms with Crippen LogP contribution in [0.25, 0.3) is 10.6 Å². The molecule has 1 aliphatic rings. The number of carbonyl (C=O) groups excluding carboxylic acids is 2. The number of esters is 1. The van der Waals surface area contributed by atoms with E-state index >= 15 is 0 Å². The third-order valence-electron chi connectivity index (χ3n) is 4.01. The summed E-state index contributed by atoms with van der Waals surface area (Å²) in [5.41, 5.74) is 2.53. The molecule has 136 valence electrons. The zero-order chi connectivity index (χ0) is 18.6. The van der Waals surface area contributed by atoms with Crippen LogP contribution in [-0.4, -0.2) is 22.1 Å². The molecule has 1 aliphatic heterocycles. The lowest BCUT2D eigenvalue weighted by molar-refractivity contribution is -0.145. The maximum absolute atomic E-state index is 12.2.